The van der Waals surface area contributed by atoms with Gasteiger partial charge in [-0.15, -0.1) is 0 Å². The lowest BCUT2D eigenvalue weighted by Crippen LogP contribution is -2.19. The van der Waals surface area contributed by atoms with E-state index in [1.165, 1.54) is 0 Å². The van der Waals surface area contributed by atoms with E-state index in [-0.39, 0.29) is 0 Å². The lowest BCUT2D eigenvalue weighted by molar-refractivity contribution is -0.135. The molecule has 2 heterocycles. The SMILES string of the molecule is O=C1NC2=C3C=CC=CN=C3C=CC2C1=O. The van der Waals surface area contributed by atoms with Gasteiger partial charge in [-0.2, -0.15) is 0 Å². The van der Waals surface area contributed by atoms with E-state index in [9.17, 15) is 9.59 Å². The first-order chi connectivity index (χ1) is 7.77. The van der Waals surface area contributed by atoms with E-state index in [1.807, 2.05) is 12.2 Å². The van der Waals surface area contributed by atoms with Crippen LogP contribution >= 0.6 is 0 Å². The largest absolute Gasteiger partial charge is 0.321 e. The van der Waals surface area contributed by atoms with Crippen LogP contribution in [0.25, 0.3) is 0 Å². The third kappa shape index (κ3) is 1.13. The predicted molar refractivity (Wildman–Crippen MR) is 58.5 cm³/mol. The number of carbonyl (C=O) groups excluding carboxylic acids is 2. The van der Waals surface area contributed by atoms with Gasteiger partial charge in [-0.05, 0) is 12.2 Å². The summed E-state index contributed by atoms with van der Waals surface area (Å²) in [5, 5.41) is 2.61. The molecule has 1 aliphatic carbocycles. The molecule has 1 N–H and O–H groups in total. The van der Waals surface area contributed by atoms with Crippen LogP contribution in [0.15, 0.2) is 52.8 Å². The van der Waals surface area contributed by atoms with Crippen LogP contribution < -0.4 is 5.32 Å². The maximum atomic E-state index is 11.5. The maximum Gasteiger partial charge on any atom is 0.292 e. The van der Waals surface area contributed by atoms with Gasteiger partial charge < -0.3 is 5.32 Å². The number of ketones is 1. The van der Waals surface area contributed by atoms with Crippen LogP contribution in [0.5, 0.6) is 0 Å². The zero-order valence-electron chi connectivity index (χ0n) is 8.31. The number of Topliss-reactive ketones (excluding diaryl/α,β-unsaturated/α-hetero) is 1. The van der Waals surface area contributed by atoms with E-state index in [0.717, 1.165) is 11.3 Å². The average Bonchev–Trinajstić information content (AvgIpc) is 2.51. The van der Waals surface area contributed by atoms with Gasteiger partial charge in [0.05, 0.1) is 11.6 Å². The summed E-state index contributed by atoms with van der Waals surface area (Å²) >= 11 is 0. The fraction of sp³-hybridized carbons (Fsp3) is 0.0833. The molecule has 0 aromatic carbocycles. The van der Waals surface area contributed by atoms with Crippen molar-refractivity contribution in [1.29, 1.82) is 0 Å². The number of amides is 1. The zero-order valence-corrected chi connectivity index (χ0v) is 8.31. The van der Waals surface area contributed by atoms with Crippen LogP contribution in [0.2, 0.25) is 0 Å². The molecule has 3 aliphatic rings. The molecular formula is C12H8N2O2. The maximum absolute atomic E-state index is 11.5. The molecule has 4 nitrogen and oxygen atoms in total. The molecule has 1 saturated heterocycles. The van der Waals surface area contributed by atoms with E-state index in [4.69, 9.17) is 0 Å². The standard InChI is InChI=1S/C12H8N2O2/c15-11-8-4-5-9-7(3-1-2-6-13-9)10(8)14-12(11)16/h1-6,8H,(H,14,16). The Bertz CT molecular complexity index is 547. The van der Waals surface area contributed by atoms with Crippen LogP contribution in [0, 0.1) is 5.92 Å². The summed E-state index contributed by atoms with van der Waals surface area (Å²) < 4.78 is 0. The molecule has 2 aliphatic heterocycles. The fourth-order valence-electron chi connectivity index (χ4n) is 1.98. The number of allylic oxidation sites excluding steroid dienone is 6. The minimum atomic E-state index is -0.538. The van der Waals surface area contributed by atoms with Crippen molar-refractivity contribution in [2.24, 2.45) is 10.9 Å². The first-order valence-corrected chi connectivity index (χ1v) is 4.96. The van der Waals surface area contributed by atoms with E-state index in [0.29, 0.717) is 5.70 Å². The summed E-state index contributed by atoms with van der Waals surface area (Å²) in [5.74, 6) is -1.39. The van der Waals surface area contributed by atoms with Gasteiger partial charge in [0.15, 0.2) is 0 Å². The Morgan fingerprint density at radius 3 is 2.94 bits per heavy atom. The Morgan fingerprint density at radius 1 is 1.19 bits per heavy atom. The van der Waals surface area contributed by atoms with Crippen molar-refractivity contribution in [3.05, 3.63) is 47.9 Å². The van der Waals surface area contributed by atoms with Crippen LogP contribution in [-0.2, 0) is 9.59 Å². The molecule has 0 spiro atoms. The number of fused-ring (bicyclic) bond motifs is 2. The third-order valence-corrected chi connectivity index (χ3v) is 2.75. The monoisotopic (exact) mass is 212 g/mol. The Labute approximate surface area is 91.7 Å². The number of nitrogens with zero attached hydrogens (tertiary/aromatic N) is 1. The molecule has 4 heteroatoms. The highest BCUT2D eigenvalue weighted by Gasteiger charge is 2.38. The smallest absolute Gasteiger partial charge is 0.292 e. The van der Waals surface area contributed by atoms with Gasteiger partial charge >= 0.3 is 0 Å². The molecule has 1 unspecified atom stereocenters. The molecule has 16 heavy (non-hydrogen) atoms. The molecule has 1 atom stereocenters. The molecule has 3 rings (SSSR count). The van der Waals surface area contributed by atoms with Gasteiger partial charge in [0, 0.05) is 17.5 Å². The van der Waals surface area contributed by atoms with Crippen LogP contribution in [0.4, 0.5) is 0 Å². The lowest BCUT2D eigenvalue weighted by atomic mass is 9.91. The number of carbonyl (C=O) groups is 2. The second kappa shape index (κ2) is 3.13. The number of hydrogen-bond acceptors (Lipinski definition) is 3. The van der Waals surface area contributed by atoms with Crippen molar-refractivity contribution in [2.75, 3.05) is 0 Å². The van der Waals surface area contributed by atoms with Gasteiger partial charge in [0.25, 0.3) is 5.91 Å². The topological polar surface area (TPSA) is 58.5 Å². The number of aliphatic imine (C=N–C) groups is 1. The summed E-state index contributed by atoms with van der Waals surface area (Å²) in [6.07, 6.45) is 10.7. The van der Waals surface area contributed by atoms with Crippen molar-refractivity contribution in [1.82, 2.24) is 5.32 Å². The molecule has 0 bridgehead atoms. The molecule has 78 valence electrons. The van der Waals surface area contributed by atoms with Crippen molar-refractivity contribution in [3.8, 4) is 0 Å². The van der Waals surface area contributed by atoms with Crippen LogP contribution in [0.3, 0.4) is 0 Å². The van der Waals surface area contributed by atoms with E-state index in [2.05, 4.69) is 10.3 Å². The minimum Gasteiger partial charge on any atom is -0.321 e. The third-order valence-electron chi connectivity index (χ3n) is 2.75. The van der Waals surface area contributed by atoms with Gasteiger partial charge in [-0.25, -0.2) is 0 Å². The highest BCUT2D eigenvalue weighted by Crippen LogP contribution is 2.28. The Hall–Kier alpha value is -2.23. The molecule has 1 fully saturated rings. The Morgan fingerprint density at radius 2 is 2.06 bits per heavy atom. The Balaban J connectivity index is 2.19. The fourth-order valence-corrected chi connectivity index (χ4v) is 1.98. The zero-order chi connectivity index (χ0) is 11.1. The van der Waals surface area contributed by atoms with Gasteiger partial charge in [-0.3, -0.25) is 14.6 Å². The van der Waals surface area contributed by atoms with Crippen molar-refractivity contribution in [2.45, 2.75) is 0 Å². The lowest BCUT2D eigenvalue weighted by Gasteiger charge is -2.14. The van der Waals surface area contributed by atoms with E-state index >= 15 is 0 Å². The molecular weight excluding hydrogens is 204 g/mol. The Kier molecular flexibility index (Phi) is 1.77. The molecule has 0 aromatic rings. The first-order valence-electron chi connectivity index (χ1n) is 4.96. The quantitative estimate of drug-likeness (QED) is 0.599. The van der Waals surface area contributed by atoms with Gasteiger partial charge in [-0.1, -0.05) is 18.2 Å². The molecule has 0 aromatic heterocycles. The second-order valence-electron chi connectivity index (χ2n) is 3.70. The number of nitrogens with one attached hydrogen (secondary N) is 1. The summed E-state index contributed by atoms with van der Waals surface area (Å²) in [4.78, 5) is 27.0. The van der Waals surface area contributed by atoms with Crippen LogP contribution in [-0.4, -0.2) is 17.4 Å². The van der Waals surface area contributed by atoms with E-state index in [1.54, 1.807) is 24.4 Å². The highest BCUT2D eigenvalue weighted by molar-refractivity contribution is 6.42. The van der Waals surface area contributed by atoms with Crippen LogP contribution in [0.1, 0.15) is 0 Å². The number of rotatable bonds is 0. The second-order valence-corrected chi connectivity index (χ2v) is 3.70. The molecule has 1 amide bonds. The molecule has 0 saturated carbocycles. The molecule has 0 radical (unpaired) electrons. The normalized spacial score (nSPS) is 26.2. The highest BCUT2D eigenvalue weighted by atomic mass is 16.2. The van der Waals surface area contributed by atoms with Gasteiger partial charge in [0.1, 0.15) is 0 Å². The van der Waals surface area contributed by atoms with Crippen molar-refractivity contribution < 1.29 is 9.59 Å². The summed E-state index contributed by atoms with van der Waals surface area (Å²) in [5.41, 5.74) is 2.24. The first kappa shape index (κ1) is 9.03. The minimum absolute atomic E-state index is 0.400. The predicted octanol–water partition coefficient (Wildman–Crippen LogP) is 0.650. The summed E-state index contributed by atoms with van der Waals surface area (Å²) in [7, 11) is 0. The van der Waals surface area contributed by atoms with Gasteiger partial charge in [0.2, 0.25) is 5.78 Å². The average molecular weight is 212 g/mol. The van der Waals surface area contributed by atoms with E-state index < -0.39 is 17.6 Å². The summed E-state index contributed by atoms with van der Waals surface area (Å²) in [6.45, 7) is 0. The van der Waals surface area contributed by atoms with Crippen molar-refractivity contribution in [3.63, 3.8) is 0 Å². The number of hydrogen-bond donors (Lipinski definition) is 1. The summed E-state index contributed by atoms with van der Waals surface area (Å²) in [6, 6.07) is 0. The van der Waals surface area contributed by atoms with Crippen molar-refractivity contribution >= 4 is 17.4 Å².